The molecule has 4 amide bonds. The molecule has 2 aromatic rings. The molecular weight excluding hydrogens is 618 g/mol. The summed E-state index contributed by atoms with van der Waals surface area (Å²) in [4.78, 5) is 84.9. The minimum Gasteiger partial charge on any atom is -0.480 e. The molecule has 0 radical (unpaired) electrons. The van der Waals surface area contributed by atoms with Crippen LogP contribution in [0.25, 0.3) is 0 Å². The van der Waals surface area contributed by atoms with Gasteiger partial charge in [0.05, 0.1) is 12.3 Å². The molecule has 244 valence electrons. The zero-order chi connectivity index (χ0) is 34.1. The van der Waals surface area contributed by atoms with Crippen LogP contribution >= 0.6 is 11.8 Å². The number of rotatable bonds is 19. The summed E-state index contributed by atoms with van der Waals surface area (Å²) in [5.74, 6) is -3.54. The number of benzene rings is 2. The smallest absolute Gasteiger partial charge is 0.322 e. The zero-order valence-electron chi connectivity index (χ0n) is 24.7. The highest BCUT2D eigenvalue weighted by Crippen LogP contribution is 2.13. The van der Waals surface area contributed by atoms with Gasteiger partial charge in [0.15, 0.2) is 5.78 Å². The number of carbonyl (C=O) groups is 7. The molecule has 3 unspecified atom stereocenters. The zero-order valence-corrected chi connectivity index (χ0v) is 25.5. The van der Waals surface area contributed by atoms with Crippen LogP contribution in [-0.2, 0) is 35.2 Å². The fraction of sp³-hybridized carbons (Fsp3) is 0.323. The van der Waals surface area contributed by atoms with E-state index in [1.807, 2.05) is 0 Å². The topological polar surface area (TPSA) is 234 Å². The van der Waals surface area contributed by atoms with E-state index in [-0.39, 0.29) is 43.1 Å². The highest BCUT2D eigenvalue weighted by molar-refractivity contribution is 8.00. The number of carbonyl (C=O) groups excluding carboxylic acids is 5. The predicted molar refractivity (Wildman–Crippen MR) is 169 cm³/mol. The number of carboxylic acid groups (broad SMARTS) is 2. The molecule has 15 heteroatoms. The Kier molecular flexibility index (Phi) is 15.5. The lowest BCUT2D eigenvalue weighted by Crippen LogP contribution is -2.50. The van der Waals surface area contributed by atoms with Crippen molar-refractivity contribution in [3.63, 3.8) is 0 Å². The Balaban J connectivity index is 2.03. The quantitative estimate of drug-likeness (QED) is 0.0740. The van der Waals surface area contributed by atoms with Crippen LogP contribution < -0.4 is 27.0 Å². The first-order valence-corrected chi connectivity index (χ1v) is 15.1. The molecule has 46 heavy (non-hydrogen) atoms. The first-order valence-electron chi connectivity index (χ1n) is 14.0. The Morgan fingerprint density at radius 3 is 2.04 bits per heavy atom. The summed E-state index contributed by atoms with van der Waals surface area (Å²) in [5.41, 5.74) is 7.02. The summed E-state index contributed by atoms with van der Waals surface area (Å²) in [5, 5.41) is 27.4. The van der Waals surface area contributed by atoms with E-state index in [1.165, 1.54) is 0 Å². The second-order valence-electron chi connectivity index (χ2n) is 9.87. The maximum Gasteiger partial charge on any atom is 0.322 e. The van der Waals surface area contributed by atoms with Gasteiger partial charge in [-0.1, -0.05) is 60.5 Å². The molecule has 0 saturated carbocycles. The van der Waals surface area contributed by atoms with Crippen molar-refractivity contribution in [2.45, 2.75) is 37.4 Å². The van der Waals surface area contributed by atoms with E-state index in [0.717, 1.165) is 11.8 Å². The van der Waals surface area contributed by atoms with Crippen molar-refractivity contribution in [3.05, 3.63) is 71.3 Å². The van der Waals surface area contributed by atoms with Crippen molar-refractivity contribution in [1.82, 2.24) is 21.3 Å². The van der Waals surface area contributed by atoms with Crippen LogP contribution in [0, 0.1) is 12.3 Å². The largest absolute Gasteiger partial charge is 0.480 e. The standard InChI is InChI=1S/C31H35N5O9S/c1-2-14-33-29(42)23(15-19-8-10-21(11-9-19)28(41)20-6-4-3-5-7-20)35-26(38)18-46-17-24(30(43)34-16-27(39)40)36-25(37)13-12-22(32)31(44)45/h1,3-11,22-24H,12-18,32H2,(H,33,42)(H,34,43)(H,35,38)(H,36,37)(H,39,40)(H,44,45). The fourth-order valence-electron chi connectivity index (χ4n) is 3.91. The number of ketones is 1. The van der Waals surface area contributed by atoms with Crippen LogP contribution in [0.5, 0.6) is 0 Å². The molecule has 0 bridgehead atoms. The summed E-state index contributed by atoms with van der Waals surface area (Å²) >= 11 is 0.929. The van der Waals surface area contributed by atoms with Crippen LogP contribution in [0.2, 0.25) is 0 Å². The van der Waals surface area contributed by atoms with Gasteiger partial charge in [-0.2, -0.15) is 0 Å². The van der Waals surface area contributed by atoms with E-state index in [4.69, 9.17) is 22.4 Å². The normalized spacial score (nSPS) is 12.3. The van der Waals surface area contributed by atoms with Crippen molar-refractivity contribution in [2.75, 3.05) is 24.6 Å². The second-order valence-corrected chi connectivity index (χ2v) is 10.9. The van der Waals surface area contributed by atoms with Crippen LogP contribution in [0.15, 0.2) is 54.6 Å². The minimum absolute atomic E-state index is 0.0708. The average Bonchev–Trinajstić information content (AvgIpc) is 3.04. The molecule has 8 N–H and O–H groups in total. The van der Waals surface area contributed by atoms with Crippen LogP contribution in [0.3, 0.4) is 0 Å². The Bertz CT molecular complexity index is 1440. The number of thioether (sulfide) groups is 1. The number of nitrogens with one attached hydrogen (secondary N) is 4. The summed E-state index contributed by atoms with van der Waals surface area (Å²) in [6, 6.07) is 11.7. The van der Waals surface area contributed by atoms with Crippen LogP contribution in [0.4, 0.5) is 0 Å². The number of terminal acetylenes is 1. The molecule has 0 heterocycles. The van der Waals surface area contributed by atoms with Gasteiger partial charge in [0.1, 0.15) is 24.7 Å². The highest BCUT2D eigenvalue weighted by Gasteiger charge is 2.25. The van der Waals surface area contributed by atoms with Gasteiger partial charge >= 0.3 is 11.9 Å². The van der Waals surface area contributed by atoms with Gasteiger partial charge in [0, 0.05) is 29.7 Å². The first kappa shape index (κ1) is 37.0. The third-order valence-corrected chi connectivity index (χ3v) is 7.33. The summed E-state index contributed by atoms with van der Waals surface area (Å²) in [6.45, 7) is -0.787. The third-order valence-electron chi connectivity index (χ3n) is 6.29. The van der Waals surface area contributed by atoms with Crippen LogP contribution in [-0.4, -0.2) is 94.3 Å². The predicted octanol–water partition coefficient (Wildman–Crippen LogP) is -0.695. The minimum atomic E-state index is -1.32. The summed E-state index contributed by atoms with van der Waals surface area (Å²) in [7, 11) is 0. The van der Waals surface area contributed by atoms with Gasteiger partial charge in [-0.05, 0) is 12.0 Å². The van der Waals surface area contributed by atoms with Gasteiger partial charge in [-0.15, -0.1) is 18.2 Å². The summed E-state index contributed by atoms with van der Waals surface area (Å²) in [6.07, 6.45) is 4.81. The number of hydrogen-bond acceptors (Lipinski definition) is 9. The first-order chi connectivity index (χ1) is 21.9. The molecular formula is C31H35N5O9S. The molecule has 0 aliphatic rings. The Morgan fingerprint density at radius 1 is 0.826 bits per heavy atom. The average molecular weight is 654 g/mol. The molecule has 0 fully saturated rings. The van der Waals surface area contributed by atoms with E-state index in [0.29, 0.717) is 16.7 Å². The van der Waals surface area contributed by atoms with Gasteiger partial charge in [0.2, 0.25) is 23.6 Å². The molecule has 14 nitrogen and oxygen atoms in total. The summed E-state index contributed by atoms with van der Waals surface area (Å²) < 4.78 is 0. The number of carboxylic acids is 2. The second kappa shape index (κ2) is 19.2. The van der Waals surface area contributed by atoms with Gasteiger partial charge < -0.3 is 37.2 Å². The van der Waals surface area contributed by atoms with E-state index in [9.17, 15) is 33.6 Å². The molecule has 0 aliphatic carbocycles. The number of aliphatic carboxylic acids is 2. The molecule has 3 atom stereocenters. The third kappa shape index (κ3) is 13.2. The maximum absolute atomic E-state index is 12.8. The van der Waals surface area contributed by atoms with Crippen molar-refractivity contribution in [2.24, 2.45) is 5.73 Å². The molecule has 0 spiro atoms. The Labute approximate surface area is 269 Å². The van der Waals surface area contributed by atoms with Crippen molar-refractivity contribution < 1.29 is 43.8 Å². The lowest BCUT2D eigenvalue weighted by atomic mass is 9.99. The highest BCUT2D eigenvalue weighted by atomic mass is 32.2. The van der Waals surface area contributed by atoms with Gasteiger partial charge in [0.25, 0.3) is 0 Å². The Morgan fingerprint density at radius 2 is 1.43 bits per heavy atom. The Hall–Kier alpha value is -5.20. The van der Waals surface area contributed by atoms with E-state index in [2.05, 4.69) is 27.2 Å². The monoisotopic (exact) mass is 653 g/mol. The lowest BCUT2D eigenvalue weighted by Gasteiger charge is -2.20. The van der Waals surface area contributed by atoms with Crippen LogP contribution in [0.1, 0.15) is 34.3 Å². The van der Waals surface area contributed by atoms with E-state index < -0.39 is 60.2 Å². The van der Waals surface area contributed by atoms with E-state index >= 15 is 0 Å². The number of hydrogen-bond donors (Lipinski definition) is 7. The molecule has 2 aromatic carbocycles. The van der Waals surface area contributed by atoms with Gasteiger partial charge in [-0.25, -0.2) is 0 Å². The number of nitrogens with two attached hydrogens (primary N) is 1. The molecule has 0 saturated heterocycles. The van der Waals surface area contributed by atoms with E-state index in [1.54, 1.807) is 54.6 Å². The molecule has 0 aliphatic heterocycles. The SMILES string of the molecule is C#CCNC(=O)C(Cc1ccc(C(=O)c2ccccc2)cc1)NC(=O)CSCC(NC(=O)CCC(N)C(=O)O)C(=O)NCC(=O)O. The van der Waals surface area contributed by atoms with Crippen molar-refractivity contribution in [3.8, 4) is 12.3 Å². The molecule has 2 rings (SSSR count). The van der Waals surface area contributed by atoms with Gasteiger partial charge in [-0.3, -0.25) is 33.6 Å². The fourth-order valence-corrected chi connectivity index (χ4v) is 4.76. The van der Waals surface area contributed by atoms with Crippen molar-refractivity contribution >= 4 is 53.1 Å². The maximum atomic E-state index is 12.8. The lowest BCUT2D eigenvalue weighted by molar-refractivity contribution is -0.139. The van der Waals surface area contributed by atoms with Crippen molar-refractivity contribution in [1.29, 1.82) is 0 Å². The molecule has 0 aromatic heterocycles. The number of amides is 4.